The number of aromatic nitrogens is 1. The minimum atomic E-state index is 0.736. The molecular weight excluding hydrogens is 324 g/mol. The smallest absolute Gasteiger partial charge is 0.0651 e. The summed E-state index contributed by atoms with van der Waals surface area (Å²) in [5, 5.41) is 2.00. The van der Waals surface area contributed by atoms with Gasteiger partial charge in [-0.25, -0.2) is 0 Å². The van der Waals surface area contributed by atoms with E-state index in [9.17, 15) is 0 Å². The van der Waals surface area contributed by atoms with Crippen molar-refractivity contribution in [2.45, 2.75) is 24.2 Å². The van der Waals surface area contributed by atoms with Crippen LogP contribution in [-0.2, 0) is 6.42 Å². The molecule has 0 aliphatic heterocycles. The summed E-state index contributed by atoms with van der Waals surface area (Å²) in [4.78, 5) is 4.85. The number of unbranched alkanes of at least 4 members (excludes halogenated alkanes) is 1. The van der Waals surface area contributed by atoms with Gasteiger partial charge >= 0.3 is 0 Å². The fraction of sp³-hybridized carbons (Fsp3) is 0.263. The predicted octanol–water partition coefficient (Wildman–Crippen LogP) is 5.49. The summed E-state index contributed by atoms with van der Waals surface area (Å²) in [6.45, 7) is 0.736. The second-order valence-corrected chi connectivity index (χ2v) is 6.84. The molecule has 0 aliphatic rings. The quantitative estimate of drug-likeness (QED) is 0.458. The standard InChI is InChI=1S/C19H21ClN2S/c1-23-17-11-3-2-8-15(17)18-13(7-4-5-12-21)14-9-6-10-16(20)19(14)22-18/h2-3,6,8-11,22H,4-5,7,12,21H2,1H3. The summed E-state index contributed by atoms with van der Waals surface area (Å²) in [5.74, 6) is 0. The molecule has 120 valence electrons. The first-order valence-electron chi connectivity index (χ1n) is 7.88. The van der Waals surface area contributed by atoms with Crippen LogP contribution in [-0.4, -0.2) is 17.8 Å². The Balaban J connectivity index is 2.18. The van der Waals surface area contributed by atoms with Crippen molar-refractivity contribution in [1.82, 2.24) is 4.98 Å². The van der Waals surface area contributed by atoms with Crippen molar-refractivity contribution in [1.29, 1.82) is 0 Å². The van der Waals surface area contributed by atoms with Gasteiger partial charge in [0.15, 0.2) is 0 Å². The number of aromatic amines is 1. The fourth-order valence-electron chi connectivity index (χ4n) is 3.02. The maximum Gasteiger partial charge on any atom is 0.0651 e. The summed E-state index contributed by atoms with van der Waals surface area (Å²) < 4.78 is 0. The molecule has 1 aromatic heterocycles. The molecule has 0 radical (unpaired) electrons. The number of fused-ring (bicyclic) bond motifs is 1. The van der Waals surface area contributed by atoms with E-state index < -0.39 is 0 Å². The Kier molecular flexibility index (Phi) is 5.31. The number of benzene rings is 2. The zero-order valence-corrected chi connectivity index (χ0v) is 14.8. The highest BCUT2D eigenvalue weighted by molar-refractivity contribution is 7.98. The third-order valence-corrected chi connectivity index (χ3v) is 5.26. The first-order chi connectivity index (χ1) is 11.3. The van der Waals surface area contributed by atoms with Crippen LogP contribution in [0.4, 0.5) is 0 Å². The molecule has 3 N–H and O–H groups in total. The van der Waals surface area contributed by atoms with E-state index in [-0.39, 0.29) is 0 Å². The fourth-order valence-corrected chi connectivity index (χ4v) is 3.85. The molecular formula is C19H21ClN2S. The average molecular weight is 345 g/mol. The Hall–Kier alpha value is -1.42. The van der Waals surface area contributed by atoms with Gasteiger partial charge in [-0.05, 0) is 49.8 Å². The van der Waals surface area contributed by atoms with Crippen LogP contribution >= 0.6 is 23.4 Å². The monoisotopic (exact) mass is 344 g/mol. The molecule has 0 atom stereocenters. The normalized spacial score (nSPS) is 11.3. The summed E-state index contributed by atoms with van der Waals surface area (Å²) in [6, 6.07) is 14.6. The molecule has 4 heteroatoms. The van der Waals surface area contributed by atoms with E-state index in [0.717, 1.165) is 36.3 Å². The van der Waals surface area contributed by atoms with Crippen molar-refractivity contribution in [3.63, 3.8) is 0 Å². The van der Waals surface area contributed by atoms with Gasteiger partial charge in [0.25, 0.3) is 0 Å². The molecule has 0 saturated carbocycles. The van der Waals surface area contributed by atoms with Crippen molar-refractivity contribution in [2.75, 3.05) is 12.8 Å². The summed E-state index contributed by atoms with van der Waals surface area (Å²) in [7, 11) is 0. The van der Waals surface area contributed by atoms with Gasteiger partial charge in [0.2, 0.25) is 0 Å². The number of H-pyrrole nitrogens is 1. The van der Waals surface area contributed by atoms with E-state index in [1.807, 2.05) is 12.1 Å². The zero-order valence-electron chi connectivity index (χ0n) is 13.2. The SMILES string of the molecule is CSc1ccccc1-c1[nH]c2c(Cl)cccc2c1CCCCN. The first kappa shape index (κ1) is 16.4. The lowest BCUT2D eigenvalue weighted by atomic mass is 10.0. The molecule has 23 heavy (non-hydrogen) atoms. The molecule has 0 unspecified atom stereocenters. The van der Waals surface area contributed by atoms with Crippen molar-refractivity contribution in [2.24, 2.45) is 5.73 Å². The third kappa shape index (κ3) is 3.27. The van der Waals surface area contributed by atoms with Crippen molar-refractivity contribution < 1.29 is 0 Å². The Morgan fingerprint density at radius 3 is 2.70 bits per heavy atom. The summed E-state index contributed by atoms with van der Waals surface area (Å²) in [5.41, 5.74) is 10.5. The number of halogens is 1. The van der Waals surface area contributed by atoms with Crippen LogP contribution in [0.1, 0.15) is 18.4 Å². The lowest BCUT2D eigenvalue weighted by Gasteiger charge is -2.09. The largest absolute Gasteiger partial charge is 0.353 e. The molecule has 0 spiro atoms. The summed E-state index contributed by atoms with van der Waals surface area (Å²) in [6.07, 6.45) is 5.25. The average Bonchev–Trinajstić information content (AvgIpc) is 2.95. The number of hydrogen-bond acceptors (Lipinski definition) is 2. The van der Waals surface area contributed by atoms with E-state index in [1.54, 1.807) is 11.8 Å². The number of aryl methyl sites for hydroxylation is 1. The van der Waals surface area contributed by atoms with E-state index in [2.05, 4.69) is 41.6 Å². The van der Waals surface area contributed by atoms with Gasteiger partial charge in [-0.15, -0.1) is 11.8 Å². The molecule has 0 fully saturated rings. The molecule has 0 bridgehead atoms. The van der Waals surface area contributed by atoms with Crippen molar-refractivity contribution in [3.05, 3.63) is 53.1 Å². The maximum absolute atomic E-state index is 6.41. The molecule has 3 aromatic rings. The van der Waals surface area contributed by atoms with Gasteiger partial charge in [0.05, 0.1) is 16.2 Å². The van der Waals surface area contributed by atoms with Gasteiger partial charge in [-0.3, -0.25) is 0 Å². The third-order valence-electron chi connectivity index (χ3n) is 4.15. The highest BCUT2D eigenvalue weighted by Crippen LogP contribution is 2.38. The van der Waals surface area contributed by atoms with Crippen LogP contribution in [0.15, 0.2) is 47.4 Å². The number of rotatable bonds is 6. The number of nitrogens with two attached hydrogens (primary N) is 1. The maximum atomic E-state index is 6.41. The van der Waals surface area contributed by atoms with Crippen LogP contribution < -0.4 is 5.73 Å². The zero-order chi connectivity index (χ0) is 16.2. The molecule has 2 nitrogen and oxygen atoms in total. The van der Waals surface area contributed by atoms with E-state index in [0.29, 0.717) is 0 Å². The second-order valence-electron chi connectivity index (χ2n) is 5.59. The van der Waals surface area contributed by atoms with Gasteiger partial charge in [0.1, 0.15) is 0 Å². The molecule has 0 aliphatic carbocycles. The van der Waals surface area contributed by atoms with Crippen molar-refractivity contribution >= 4 is 34.3 Å². The molecule has 0 amide bonds. The Labute approximate surface area is 146 Å². The van der Waals surface area contributed by atoms with Gasteiger partial charge in [0, 0.05) is 15.8 Å². The lowest BCUT2D eigenvalue weighted by Crippen LogP contribution is -1.99. The Morgan fingerprint density at radius 2 is 1.91 bits per heavy atom. The van der Waals surface area contributed by atoms with Crippen LogP contribution in [0.2, 0.25) is 5.02 Å². The van der Waals surface area contributed by atoms with Gasteiger partial charge < -0.3 is 10.7 Å². The predicted molar refractivity (Wildman–Crippen MR) is 103 cm³/mol. The summed E-state index contributed by atoms with van der Waals surface area (Å²) >= 11 is 8.18. The van der Waals surface area contributed by atoms with Crippen LogP contribution in [0.5, 0.6) is 0 Å². The Bertz CT molecular complexity index is 810. The van der Waals surface area contributed by atoms with Gasteiger partial charge in [-0.2, -0.15) is 0 Å². The second kappa shape index (κ2) is 7.43. The number of nitrogens with one attached hydrogen (secondary N) is 1. The highest BCUT2D eigenvalue weighted by Gasteiger charge is 2.16. The van der Waals surface area contributed by atoms with Crippen LogP contribution in [0, 0.1) is 0 Å². The topological polar surface area (TPSA) is 41.8 Å². The first-order valence-corrected chi connectivity index (χ1v) is 9.49. The molecule has 2 aromatic carbocycles. The van der Waals surface area contributed by atoms with Crippen LogP contribution in [0.3, 0.4) is 0 Å². The van der Waals surface area contributed by atoms with Gasteiger partial charge in [-0.1, -0.05) is 41.9 Å². The van der Waals surface area contributed by atoms with E-state index in [1.165, 1.54) is 27.1 Å². The number of para-hydroxylation sites is 1. The minimum Gasteiger partial charge on any atom is -0.353 e. The van der Waals surface area contributed by atoms with Crippen molar-refractivity contribution in [3.8, 4) is 11.3 Å². The number of thioether (sulfide) groups is 1. The molecule has 0 saturated heterocycles. The lowest BCUT2D eigenvalue weighted by molar-refractivity contribution is 0.748. The molecule has 3 rings (SSSR count). The molecule has 1 heterocycles. The minimum absolute atomic E-state index is 0.736. The number of hydrogen-bond donors (Lipinski definition) is 2. The highest BCUT2D eigenvalue weighted by atomic mass is 35.5. The van der Waals surface area contributed by atoms with Crippen LogP contribution in [0.25, 0.3) is 22.2 Å². The Morgan fingerprint density at radius 1 is 1.09 bits per heavy atom. The van der Waals surface area contributed by atoms with E-state index in [4.69, 9.17) is 17.3 Å². The van der Waals surface area contributed by atoms with E-state index >= 15 is 0 Å².